The zero-order valence-electron chi connectivity index (χ0n) is 7.17. The molecule has 0 aliphatic carbocycles. The quantitative estimate of drug-likeness (QED) is 0.587. The summed E-state index contributed by atoms with van der Waals surface area (Å²) in [6.45, 7) is 2.64. The van der Waals surface area contributed by atoms with Crippen molar-refractivity contribution in [2.24, 2.45) is 0 Å². The van der Waals surface area contributed by atoms with Crippen molar-refractivity contribution in [3.05, 3.63) is 23.8 Å². The van der Waals surface area contributed by atoms with Crippen LogP contribution >= 0.6 is 0 Å². The van der Waals surface area contributed by atoms with E-state index in [1.807, 2.05) is 25.1 Å². The lowest BCUT2D eigenvalue weighted by Crippen LogP contribution is -2.08. The molecule has 1 rings (SSSR count). The van der Waals surface area contributed by atoms with Gasteiger partial charge in [0.15, 0.2) is 0 Å². The Bertz CT molecular complexity index is 240. The molecule has 3 nitrogen and oxygen atoms in total. The summed E-state index contributed by atoms with van der Waals surface area (Å²) in [5.74, 6) is 0. The van der Waals surface area contributed by atoms with Gasteiger partial charge in [0, 0.05) is 6.54 Å². The van der Waals surface area contributed by atoms with E-state index >= 15 is 0 Å². The number of rotatable bonds is 3. The first-order valence-corrected chi connectivity index (χ1v) is 3.95. The van der Waals surface area contributed by atoms with Crippen molar-refractivity contribution in [3.63, 3.8) is 0 Å². The van der Waals surface area contributed by atoms with Crippen molar-refractivity contribution >= 4 is 11.4 Å². The molecule has 12 heavy (non-hydrogen) atoms. The molecule has 0 atom stereocenters. The monoisotopic (exact) mass is 166 g/mol. The summed E-state index contributed by atoms with van der Waals surface area (Å²) in [5.41, 5.74) is 8.47. The Kier molecular flexibility index (Phi) is 2.94. The molecule has 0 bridgehead atoms. The first-order valence-electron chi connectivity index (χ1n) is 3.95. The van der Waals surface area contributed by atoms with Crippen LogP contribution in [0.1, 0.15) is 5.56 Å². The SMILES string of the molecule is Cc1cccc(N)c1NCCO. The maximum Gasteiger partial charge on any atom is 0.0604 e. The second-order valence-corrected chi connectivity index (χ2v) is 2.69. The van der Waals surface area contributed by atoms with Gasteiger partial charge >= 0.3 is 0 Å². The average molecular weight is 166 g/mol. The minimum absolute atomic E-state index is 0.119. The standard InChI is InChI=1S/C9H14N2O/c1-7-3-2-4-8(10)9(7)11-5-6-12/h2-4,11-12H,5-6,10H2,1H3. The number of nitrogens with one attached hydrogen (secondary N) is 1. The average Bonchev–Trinajstić information content (AvgIpc) is 2.04. The number of aryl methyl sites for hydroxylation is 1. The molecule has 0 aliphatic rings. The lowest BCUT2D eigenvalue weighted by atomic mass is 10.1. The fourth-order valence-electron chi connectivity index (χ4n) is 1.11. The number of aliphatic hydroxyl groups excluding tert-OH is 1. The van der Waals surface area contributed by atoms with E-state index in [1.54, 1.807) is 0 Å². The molecule has 0 amide bonds. The fourth-order valence-corrected chi connectivity index (χ4v) is 1.11. The molecule has 1 aromatic rings. The lowest BCUT2D eigenvalue weighted by molar-refractivity contribution is 0.311. The van der Waals surface area contributed by atoms with Crippen LogP contribution in [-0.4, -0.2) is 18.3 Å². The molecule has 3 heteroatoms. The van der Waals surface area contributed by atoms with Crippen LogP contribution in [-0.2, 0) is 0 Å². The summed E-state index contributed by atoms with van der Waals surface area (Å²) in [6, 6.07) is 5.73. The van der Waals surface area contributed by atoms with Crippen molar-refractivity contribution in [2.45, 2.75) is 6.92 Å². The van der Waals surface area contributed by atoms with Crippen LogP contribution in [0.5, 0.6) is 0 Å². The molecule has 0 aromatic heterocycles. The summed E-state index contributed by atoms with van der Waals surface area (Å²) in [5, 5.41) is 11.7. The van der Waals surface area contributed by atoms with Crippen LogP contribution in [0.3, 0.4) is 0 Å². The molecule has 0 aliphatic heterocycles. The minimum Gasteiger partial charge on any atom is -0.397 e. The van der Waals surface area contributed by atoms with E-state index in [0.717, 1.165) is 16.9 Å². The van der Waals surface area contributed by atoms with Crippen molar-refractivity contribution in [3.8, 4) is 0 Å². The molecule has 0 radical (unpaired) electrons. The molecule has 0 saturated carbocycles. The molecular weight excluding hydrogens is 152 g/mol. The van der Waals surface area contributed by atoms with Crippen LogP contribution in [0.15, 0.2) is 18.2 Å². The van der Waals surface area contributed by atoms with E-state index in [-0.39, 0.29) is 6.61 Å². The van der Waals surface area contributed by atoms with E-state index in [0.29, 0.717) is 6.54 Å². The van der Waals surface area contributed by atoms with Gasteiger partial charge in [0.1, 0.15) is 0 Å². The molecule has 0 unspecified atom stereocenters. The van der Waals surface area contributed by atoms with E-state index in [1.165, 1.54) is 0 Å². The third kappa shape index (κ3) is 1.89. The molecule has 0 spiro atoms. The van der Waals surface area contributed by atoms with Gasteiger partial charge in [0.2, 0.25) is 0 Å². The number of para-hydroxylation sites is 1. The molecule has 0 saturated heterocycles. The Morgan fingerprint density at radius 3 is 2.83 bits per heavy atom. The fraction of sp³-hybridized carbons (Fsp3) is 0.333. The molecular formula is C9H14N2O. The first kappa shape index (κ1) is 8.87. The van der Waals surface area contributed by atoms with Gasteiger partial charge in [-0.15, -0.1) is 0 Å². The third-order valence-corrected chi connectivity index (χ3v) is 1.72. The number of hydrogen-bond donors (Lipinski definition) is 3. The molecule has 0 heterocycles. The molecule has 4 N–H and O–H groups in total. The van der Waals surface area contributed by atoms with Gasteiger partial charge in [-0.25, -0.2) is 0 Å². The van der Waals surface area contributed by atoms with Crippen molar-refractivity contribution < 1.29 is 5.11 Å². The highest BCUT2D eigenvalue weighted by atomic mass is 16.3. The van der Waals surface area contributed by atoms with Gasteiger partial charge in [0.25, 0.3) is 0 Å². The Labute approximate surface area is 72.2 Å². The number of nitrogen functional groups attached to an aromatic ring is 1. The first-order chi connectivity index (χ1) is 5.75. The number of hydrogen-bond acceptors (Lipinski definition) is 3. The Morgan fingerprint density at radius 2 is 2.25 bits per heavy atom. The zero-order chi connectivity index (χ0) is 8.97. The molecule has 0 fully saturated rings. The Morgan fingerprint density at radius 1 is 1.50 bits per heavy atom. The maximum absolute atomic E-state index is 8.61. The van der Waals surface area contributed by atoms with Crippen molar-refractivity contribution in [2.75, 3.05) is 24.2 Å². The van der Waals surface area contributed by atoms with Gasteiger partial charge in [-0.1, -0.05) is 12.1 Å². The third-order valence-electron chi connectivity index (χ3n) is 1.72. The highest BCUT2D eigenvalue weighted by molar-refractivity contribution is 5.69. The van der Waals surface area contributed by atoms with Gasteiger partial charge in [0.05, 0.1) is 18.0 Å². The maximum atomic E-state index is 8.61. The Balaban J connectivity index is 2.81. The van der Waals surface area contributed by atoms with Crippen molar-refractivity contribution in [1.82, 2.24) is 0 Å². The van der Waals surface area contributed by atoms with Crippen LogP contribution < -0.4 is 11.1 Å². The summed E-state index contributed by atoms with van der Waals surface area (Å²) in [4.78, 5) is 0. The largest absolute Gasteiger partial charge is 0.397 e. The predicted octanol–water partition coefficient (Wildman–Crippen LogP) is 0.981. The predicted molar refractivity (Wildman–Crippen MR) is 51.2 cm³/mol. The minimum atomic E-state index is 0.119. The van der Waals surface area contributed by atoms with Gasteiger partial charge in [-0.2, -0.15) is 0 Å². The summed E-state index contributed by atoms with van der Waals surface area (Å²) >= 11 is 0. The highest BCUT2D eigenvalue weighted by Crippen LogP contribution is 2.21. The van der Waals surface area contributed by atoms with Crippen molar-refractivity contribution in [1.29, 1.82) is 0 Å². The second-order valence-electron chi connectivity index (χ2n) is 2.69. The van der Waals surface area contributed by atoms with Gasteiger partial charge in [-0.3, -0.25) is 0 Å². The molecule has 1 aromatic carbocycles. The van der Waals surface area contributed by atoms with Gasteiger partial charge < -0.3 is 16.2 Å². The van der Waals surface area contributed by atoms with E-state index in [4.69, 9.17) is 10.8 Å². The lowest BCUT2D eigenvalue weighted by Gasteiger charge is -2.10. The summed E-state index contributed by atoms with van der Waals surface area (Å²) < 4.78 is 0. The topological polar surface area (TPSA) is 58.3 Å². The van der Waals surface area contributed by atoms with Crippen LogP contribution in [0.2, 0.25) is 0 Å². The van der Waals surface area contributed by atoms with E-state index in [2.05, 4.69) is 5.32 Å². The number of aliphatic hydroxyl groups is 1. The zero-order valence-corrected chi connectivity index (χ0v) is 7.17. The van der Waals surface area contributed by atoms with Crippen LogP contribution in [0.25, 0.3) is 0 Å². The van der Waals surface area contributed by atoms with E-state index in [9.17, 15) is 0 Å². The number of benzene rings is 1. The number of nitrogens with two attached hydrogens (primary N) is 1. The van der Waals surface area contributed by atoms with Crippen LogP contribution in [0.4, 0.5) is 11.4 Å². The second kappa shape index (κ2) is 3.97. The van der Waals surface area contributed by atoms with Crippen LogP contribution in [0, 0.1) is 6.92 Å². The molecule has 66 valence electrons. The highest BCUT2D eigenvalue weighted by Gasteiger charge is 1.99. The normalized spacial score (nSPS) is 9.83. The van der Waals surface area contributed by atoms with E-state index < -0.39 is 0 Å². The van der Waals surface area contributed by atoms with Gasteiger partial charge in [-0.05, 0) is 18.6 Å². The summed E-state index contributed by atoms with van der Waals surface area (Å²) in [7, 11) is 0. The Hall–Kier alpha value is -1.22. The smallest absolute Gasteiger partial charge is 0.0604 e. The number of anilines is 2. The summed E-state index contributed by atoms with van der Waals surface area (Å²) in [6.07, 6.45) is 0.